The zero-order chi connectivity index (χ0) is 17.7. The van der Waals surface area contributed by atoms with E-state index in [4.69, 9.17) is 4.74 Å². The van der Waals surface area contributed by atoms with Crippen molar-refractivity contribution >= 4 is 6.09 Å². The fraction of sp³-hybridized carbons (Fsp3) is 0.947. The normalized spacial score (nSPS) is 23.0. The van der Waals surface area contributed by atoms with Gasteiger partial charge in [-0.3, -0.25) is 0 Å². The second-order valence-electron chi connectivity index (χ2n) is 9.17. The molecule has 0 aromatic rings. The van der Waals surface area contributed by atoms with Crippen molar-refractivity contribution in [2.75, 3.05) is 20.1 Å². The third-order valence-corrected chi connectivity index (χ3v) is 4.62. The maximum absolute atomic E-state index is 12.0. The van der Waals surface area contributed by atoms with Crippen molar-refractivity contribution < 1.29 is 9.53 Å². The molecule has 2 atom stereocenters. The van der Waals surface area contributed by atoms with Crippen LogP contribution in [0, 0.1) is 11.3 Å². The van der Waals surface area contributed by atoms with E-state index in [9.17, 15) is 4.79 Å². The van der Waals surface area contributed by atoms with Crippen LogP contribution in [0.5, 0.6) is 0 Å². The lowest BCUT2D eigenvalue weighted by atomic mass is 9.85. The van der Waals surface area contributed by atoms with Crippen LogP contribution in [0.25, 0.3) is 0 Å². The van der Waals surface area contributed by atoms with Crippen LogP contribution < -0.4 is 5.32 Å². The van der Waals surface area contributed by atoms with Gasteiger partial charge in [-0.2, -0.15) is 0 Å². The van der Waals surface area contributed by atoms with E-state index in [1.54, 1.807) is 4.90 Å². The van der Waals surface area contributed by atoms with Gasteiger partial charge in [0.2, 0.25) is 0 Å². The third-order valence-electron chi connectivity index (χ3n) is 4.62. The number of ether oxygens (including phenoxy) is 1. The SMILES string of the molecule is CC(CNC1CCCC(C)(C)CC1)CN(C)C(=O)OC(C)(C)C. The topological polar surface area (TPSA) is 41.6 Å². The van der Waals surface area contributed by atoms with Crippen molar-refractivity contribution in [1.29, 1.82) is 0 Å². The molecule has 0 aromatic carbocycles. The van der Waals surface area contributed by atoms with Gasteiger partial charge in [-0.1, -0.05) is 27.2 Å². The highest BCUT2D eigenvalue weighted by Gasteiger charge is 2.25. The van der Waals surface area contributed by atoms with Gasteiger partial charge in [0.25, 0.3) is 0 Å². The molecular formula is C19H38N2O2. The van der Waals surface area contributed by atoms with E-state index in [1.807, 2.05) is 27.8 Å². The summed E-state index contributed by atoms with van der Waals surface area (Å²) in [5.74, 6) is 0.420. The highest BCUT2D eigenvalue weighted by Crippen LogP contribution is 2.33. The van der Waals surface area contributed by atoms with Crippen molar-refractivity contribution in [3.05, 3.63) is 0 Å². The summed E-state index contributed by atoms with van der Waals surface area (Å²) in [6.07, 6.45) is 6.26. The average molecular weight is 327 g/mol. The number of hydrogen-bond acceptors (Lipinski definition) is 3. The zero-order valence-corrected chi connectivity index (χ0v) is 16.4. The summed E-state index contributed by atoms with van der Waals surface area (Å²) in [4.78, 5) is 13.7. The molecular weight excluding hydrogens is 288 g/mol. The maximum Gasteiger partial charge on any atom is 0.410 e. The molecule has 23 heavy (non-hydrogen) atoms. The molecule has 4 nitrogen and oxygen atoms in total. The van der Waals surface area contributed by atoms with Gasteiger partial charge in [0.1, 0.15) is 5.60 Å². The Morgan fingerprint density at radius 1 is 1.30 bits per heavy atom. The minimum absolute atomic E-state index is 0.236. The first-order valence-electron chi connectivity index (χ1n) is 9.16. The predicted octanol–water partition coefficient (Wildman–Crippen LogP) is 4.44. The largest absolute Gasteiger partial charge is 0.444 e. The Hall–Kier alpha value is -0.770. The summed E-state index contributed by atoms with van der Waals surface area (Å²) in [7, 11) is 1.82. The van der Waals surface area contributed by atoms with Crippen molar-refractivity contribution in [2.45, 2.75) is 85.3 Å². The van der Waals surface area contributed by atoms with E-state index in [0.29, 0.717) is 17.4 Å². The number of nitrogens with zero attached hydrogens (tertiary/aromatic N) is 1. The maximum atomic E-state index is 12.0. The van der Waals surface area contributed by atoms with Crippen LogP contribution in [0.1, 0.15) is 73.6 Å². The summed E-state index contributed by atoms with van der Waals surface area (Å²) < 4.78 is 5.40. The van der Waals surface area contributed by atoms with E-state index in [2.05, 4.69) is 26.1 Å². The quantitative estimate of drug-likeness (QED) is 0.760. The lowest BCUT2D eigenvalue weighted by Crippen LogP contribution is -2.40. The molecule has 1 fully saturated rings. The summed E-state index contributed by atoms with van der Waals surface area (Å²) in [5, 5.41) is 3.71. The van der Waals surface area contributed by atoms with E-state index < -0.39 is 5.60 Å². The Morgan fingerprint density at radius 3 is 2.57 bits per heavy atom. The molecule has 0 spiro atoms. The third kappa shape index (κ3) is 8.59. The molecule has 0 aliphatic heterocycles. The lowest BCUT2D eigenvalue weighted by Gasteiger charge is -2.27. The monoisotopic (exact) mass is 326 g/mol. The Kier molecular flexibility index (Phi) is 7.37. The van der Waals surface area contributed by atoms with Gasteiger partial charge in [0.05, 0.1) is 0 Å². The van der Waals surface area contributed by atoms with Crippen molar-refractivity contribution in [3.63, 3.8) is 0 Å². The Labute approximate surface area is 143 Å². The average Bonchev–Trinajstić information content (AvgIpc) is 2.55. The van der Waals surface area contributed by atoms with Crippen LogP contribution in [0.2, 0.25) is 0 Å². The number of carbonyl (C=O) groups excluding carboxylic acids is 1. The minimum atomic E-state index is -0.431. The first-order chi connectivity index (χ1) is 10.5. The summed E-state index contributed by atoms with van der Waals surface area (Å²) in [6, 6.07) is 0.631. The molecule has 0 heterocycles. The molecule has 0 aromatic heterocycles. The summed E-state index contributed by atoms with van der Waals surface area (Å²) >= 11 is 0. The van der Waals surface area contributed by atoms with Gasteiger partial charge in [0.15, 0.2) is 0 Å². The van der Waals surface area contributed by atoms with E-state index in [1.165, 1.54) is 32.1 Å². The molecule has 0 saturated heterocycles. The highest BCUT2D eigenvalue weighted by molar-refractivity contribution is 5.67. The molecule has 1 rings (SSSR count). The van der Waals surface area contributed by atoms with Crippen LogP contribution >= 0.6 is 0 Å². The van der Waals surface area contributed by atoms with Crippen molar-refractivity contribution in [2.24, 2.45) is 11.3 Å². The Bertz CT molecular complexity index is 374. The van der Waals surface area contributed by atoms with Crippen molar-refractivity contribution in [1.82, 2.24) is 10.2 Å². The van der Waals surface area contributed by atoms with Gasteiger partial charge in [-0.05, 0) is 64.3 Å². The highest BCUT2D eigenvalue weighted by atomic mass is 16.6. The van der Waals surface area contributed by atoms with Crippen LogP contribution in [-0.4, -0.2) is 42.8 Å². The molecule has 2 unspecified atom stereocenters. The van der Waals surface area contributed by atoms with Crippen LogP contribution in [0.4, 0.5) is 4.79 Å². The van der Waals surface area contributed by atoms with E-state index in [0.717, 1.165) is 13.1 Å². The number of nitrogens with one attached hydrogen (secondary N) is 1. The molecule has 1 N–H and O–H groups in total. The first kappa shape index (κ1) is 20.3. The molecule has 0 radical (unpaired) electrons. The van der Waals surface area contributed by atoms with Crippen molar-refractivity contribution in [3.8, 4) is 0 Å². The number of amides is 1. The van der Waals surface area contributed by atoms with Gasteiger partial charge in [-0.25, -0.2) is 4.79 Å². The van der Waals surface area contributed by atoms with E-state index in [-0.39, 0.29) is 6.09 Å². The fourth-order valence-corrected chi connectivity index (χ4v) is 3.18. The first-order valence-corrected chi connectivity index (χ1v) is 9.16. The lowest BCUT2D eigenvalue weighted by molar-refractivity contribution is 0.0276. The molecule has 1 aliphatic rings. The molecule has 1 saturated carbocycles. The number of carbonyl (C=O) groups is 1. The Morgan fingerprint density at radius 2 is 1.96 bits per heavy atom. The predicted molar refractivity (Wildman–Crippen MR) is 96.7 cm³/mol. The fourth-order valence-electron chi connectivity index (χ4n) is 3.18. The van der Waals surface area contributed by atoms with Crippen LogP contribution in [-0.2, 0) is 4.74 Å². The van der Waals surface area contributed by atoms with Crippen LogP contribution in [0.3, 0.4) is 0 Å². The zero-order valence-electron chi connectivity index (χ0n) is 16.4. The van der Waals surface area contributed by atoms with Gasteiger partial charge >= 0.3 is 6.09 Å². The molecule has 136 valence electrons. The van der Waals surface area contributed by atoms with Gasteiger partial charge < -0.3 is 15.0 Å². The molecule has 1 amide bonds. The van der Waals surface area contributed by atoms with E-state index >= 15 is 0 Å². The molecule has 4 heteroatoms. The molecule has 1 aliphatic carbocycles. The van der Waals surface area contributed by atoms with Gasteiger partial charge in [-0.15, -0.1) is 0 Å². The van der Waals surface area contributed by atoms with Gasteiger partial charge in [0, 0.05) is 19.6 Å². The summed E-state index contributed by atoms with van der Waals surface area (Å²) in [5.41, 5.74) is 0.0684. The standard InChI is InChI=1S/C19H38N2O2/c1-15(14-21(7)17(22)23-18(2,3)4)13-20-16-9-8-11-19(5,6)12-10-16/h15-16,20H,8-14H2,1-7H3. The molecule has 0 bridgehead atoms. The smallest absolute Gasteiger partial charge is 0.410 e. The second-order valence-corrected chi connectivity index (χ2v) is 9.17. The minimum Gasteiger partial charge on any atom is -0.444 e. The summed E-state index contributed by atoms with van der Waals surface area (Å²) in [6.45, 7) is 14.3. The van der Waals surface area contributed by atoms with Crippen LogP contribution in [0.15, 0.2) is 0 Å². The Balaban J connectivity index is 2.31. The number of rotatable bonds is 5. The number of hydrogen-bond donors (Lipinski definition) is 1. The second kappa shape index (κ2) is 8.36.